The Kier molecular flexibility index (Phi) is 4.05. The minimum Gasteiger partial charge on any atom is -0.395 e. The van der Waals surface area contributed by atoms with Gasteiger partial charge in [0.25, 0.3) is 0 Å². The Labute approximate surface area is 119 Å². The smallest absolute Gasteiger partial charge is 0.138 e. The zero-order chi connectivity index (χ0) is 13.9. The molecule has 2 fully saturated rings. The first-order chi connectivity index (χ1) is 9.76. The van der Waals surface area contributed by atoms with Crippen molar-refractivity contribution < 1.29 is 9.50 Å². The predicted molar refractivity (Wildman–Crippen MR) is 76.5 cm³/mol. The lowest BCUT2D eigenvalue weighted by Gasteiger charge is -2.26. The van der Waals surface area contributed by atoms with Crippen molar-refractivity contribution in [2.24, 2.45) is 5.92 Å². The molecule has 1 heterocycles. The highest BCUT2D eigenvalue weighted by Crippen LogP contribution is 2.38. The van der Waals surface area contributed by atoms with E-state index in [9.17, 15) is 4.39 Å². The van der Waals surface area contributed by atoms with Crippen LogP contribution in [0, 0.1) is 23.6 Å². The SMILES string of the molecule is OCCC#Cc1cc(CN2CC3CCC2C3)ccc1F. The fourth-order valence-corrected chi connectivity index (χ4v) is 3.44. The topological polar surface area (TPSA) is 23.5 Å². The van der Waals surface area contributed by atoms with Gasteiger partial charge in [-0.25, -0.2) is 4.39 Å². The van der Waals surface area contributed by atoms with Crippen LogP contribution in [-0.4, -0.2) is 29.2 Å². The van der Waals surface area contributed by atoms with Gasteiger partial charge in [-0.2, -0.15) is 0 Å². The average molecular weight is 273 g/mol. The van der Waals surface area contributed by atoms with Gasteiger partial charge in [-0.15, -0.1) is 0 Å². The Morgan fingerprint density at radius 2 is 2.25 bits per heavy atom. The van der Waals surface area contributed by atoms with Crippen LogP contribution in [-0.2, 0) is 6.54 Å². The number of hydrogen-bond acceptors (Lipinski definition) is 2. The number of aliphatic hydroxyl groups is 1. The largest absolute Gasteiger partial charge is 0.395 e. The quantitative estimate of drug-likeness (QED) is 0.856. The summed E-state index contributed by atoms with van der Waals surface area (Å²) < 4.78 is 13.7. The molecule has 2 aliphatic rings. The number of fused-ring (bicyclic) bond motifs is 2. The normalized spacial score (nSPS) is 24.7. The molecule has 0 amide bonds. The van der Waals surface area contributed by atoms with E-state index in [4.69, 9.17) is 5.11 Å². The van der Waals surface area contributed by atoms with Crippen molar-refractivity contribution >= 4 is 0 Å². The van der Waals surface area contributed by atoms with Crippen LogP contribution >= 0.6 is 0 Å². The molecule has 1 aromatic carbocycles. The standard InChI is InChI=1S/C17H20FNO/c18-17-7-5-13(9-15(17)3-1-2-8-20)11-19-12-14-4-6-16(19)10-14/h5,7,9,14,16,20H,2,4,6,8,10-12H2. The second-order valence-electron chi connectivity index (χ2n) is 5.85. The summed E-state index contributed by atoms with van der Waals surface area (Å²) in [5, 5.41) is 8.72. The Morgan fingerprint density at radius 3 is 2.95 bits per heavy atom. The van der Waals surface area contributed by atoms with Gasteiger partial charge in [-0.05, 0) is 42.9 Å². The van der Waals surface area contributed by atoms with E-state index < -0.39 is 0 Å². The number of piperidine rings is 1. The predicted octanol–water partition coefficient (Wildman–Crippen LogP) is 2.54. The maximum Gasteiger partial charge on any atom is 0.138 e. The van der Waals surface area contributed by atoms with Crippen LogP contribution in [0.25, 0.3) is 0 Å². The van der Waals surface area contributed by atoms with E-state index in [1.54, 1.807) is 0 Å². The number of nitrogens with zero attached hydrogens (tertiary/aromatic N) is 1. The van der Waals surface area contributed by atoms with Crippen molar-refractivity contribution in [3.05, 3.63) is 35.1 Å². The van der Waals surface area contributed by atoms with Crippen molar-refractivity contribution in [1.29, 1.82) is 0 Å². The molecule has 0 radical (unpaired) electrons. The molecule has 1 aliphatic carbocycles. The fraction of sp³-hybridized carbons (Fsp3) is 0.529. The van der Waals surface area contributed by atoms with Crippen molar-refractivity contribution in [3.63, 3.8) is 0 Å². The van der Waals surface area contributed by atoms with Crippen molar-refractivity contribution in [2.45, 2.75) is 38.3 Å². The lowest BCUT2D eigenvalue weighted by molar-refractivity contribution is 0.205. The van der Waals surface area contributed by atoms with E-state index in [1.165, 1.54) is 31.9 Å². The molecule has 0 spiro atoms. The van der Waals surface area contributed by atoms with Gasteiger partial charge in [-0.1, -0.05) is 17.9 Å². The van der Waals surface area contributed by atoms with E-state index >= 15 is 0 Å². The van der Waals surface area contributed by atoms with E-state index in [0.717, 1.165) is 24.1 Å². The first kappa shape index (κ1) is 13.6. The summed E-state index contributed by atoms with van der Waals surface area (Å²) in [5.74, 6) is 6.20. The molecule has 1 aromatic rings. The van der Waals surface area contributed by atoms with Crippen molar-refractivity contribution in [3.8, 4) is 11.8 Å². The molecule has 20 heavy (non-hydrogen) atoms. The summed E-state index contributed by atoms with van der Waals surface area (Å²) in [5.41, 5.74) is 1.58. The monoisotopic (exact) mass is 273 g/mol. The van der Waals surface area contributed by atoms with Crippen LogP contribution in [0.4, 0.5) is 4.39 Å². The maximum atomic E-state index is 13.7. The maximum absolute atomic E-state index is 13.7. The molecular formula is C17H20FNO. The second-order valence-corrected chi connectivity index (χ2v) is 5.85. The first-order valence-corrected chi connectivity index (χ1v) is 7.38. The van der Waals surface area contributed by atoms with Crippen LogP contribution in [0.15, 0.2) is 18.2 Å². The molecule has 2 unspecified atom stereocenters. The summed E-state index contributed by atoms with van der Waals surface area (Å²) >= 11 is 0. The summed E-state index contributed by atoms with van der Waals surface area (Å²) in [6.45, 7) is 2.11. The van der Waals surface area contributed by atoms with Crippen LogP contribution in [0.5, 0.6) is 0 Å². The molecule has 3 rings (SSSR count). The molecule has 0 aromatic heterocycles. The van der Waals surface area contributed by atoms with Crippen molar-refractivity contribution in [1.82, 2.24) is 4.90 Å². The second kappa shape index (κ2) is 5.95. The number of rotatable bonds is 3. The number of benzene rings is 1. The lowest BCUT2D eigenvalue weighted by Crippen LogP contribution is -2.31. The molecule has 1 aliphatic heterocycles. The molecular weight excluding hydrogens is 253 g/mol. The van der Waals surface area contributed by atoms with Gasteiger partial charge in [-0.3, -0.25) is 4.90 Å². The zero-order valence-corrected chi connectivity index (χ0v) is 11.6. The van der Waals surface area contributed by atoms with Gasteiger partial charge >= 0.3 is 0 Å². The Morgan fingerprint density at radius 1 is 1.35 bits per heavy atom. The highest BCUT2D eigenvalue weighted by atomic mass is 19.1. The van der Waals surface area contributed by atoms with Gasteiger partial charge in [0.15, 0.2) is 0 Å². The third-order valence-electron chi connectivity index (χ3n) is 4.40. The van der Waals surface area contributed by atoms with Crippen LogP contribution < -0.4 is 0 Å². The third-order valence-corrected chi connectivity index (χ3v) is 4.40. The summed E-state index contributed by atoms with van der Waals surface area (Å²) in [7, 11) is 0. The molecule has 2 nitrogen and oxygen atoms in total. The van der Waals surface area contributed by atoms with Crippen LogP contribution in [0.2, 0.25) is 0 Å². The van der Waals surface area contributed by atoms with Crippen molar-refractivity contribution in [2.75, 3.05) is 13.2 Å². The minimum atomic E-state index is -0.276. The third kappa shape index (κ3) is 2.87. The number of hydrogen-bond donors (Lipinski definition) is 1. The molecule has 3 heteroatoms. The fourth-order valence-electron chi connectivity index (χ4n) is 3.44. The van der Waals surface area contributed by atoms with E-state index in [0.29, 0.717) is 12.0 Å². The summed E-state index contributed by atoms with van der Waals surface area (Å²) in [6, 6.07) is 5.95. The van der Waals surface area contributed by atoms with Crippen LogP contribution in [0.1, 0.15) is 36.8 Å². The zero-order valence-electron chi connectivity index (χ0n) is 11.6. The molecule has 2 atom stereocenters. The van der Waals surface area contributed by atoms with Gasteiger partial charge in [0.2, 0.25) is 0 Å². The highest BCUT2D eigenvalue weighted by molar-refractivity contribution is 5.38. The van der Waals surface area contributed by atoms with Crippen LogP contribution in [0.3, 0.4) is 0 Å². The minimum absolute atomic E-state index is 0.0190. The Balaban J connectivity index is 1.71. The van der Waals surface area contributed by atoms with E-state index in [1.807, 2.05) is 12.1 Å². The van der Waals surface area contributed by atoms with Gasteiger partial charge < -0.3 is 5.11 Å². The first-order valence-electron chi connectivity index (χ1n) is 7.38. The number of halogens is 1. The lowest BCUT2D eigenvalue weighted by atomic mass is 10.1. The number of aliphatic hydroxyl groups excluding tert-OH is 1. The molecule has 106 valence electrons. The molecule has 2 bridgehead atoms. The summed E-state index contributed by atoms with van der Waals surface area (Å²) in [6.07, 6.45) is 4.42. The Hall–Kier alpha value is -1.37. The highest BCUT2D eigenvalue weighted by Gasteiger charge is 2.37. The van der Waals surface area contributed by atoms with Gasteiger partial charge in [0, 0.05) is 25.6 Å². The van der Waals surface area contributed by atoms with E-state index in [-0.39, 0.29) is 12.4 Å². The van der Waals surface area contributed by atoms with Gasteiger partial charge in [0.05, 0.1) is 12.2 Å². The number of likely N-dealkylation sites (tertiary alicyclic amines) is 1. The van der Waals surface area contributed by atoms with E-state index in [2.05, 4.69) is 16.7 Å². The summed E-state index contributed by atoms with van der Waals surface area (Å²) in [4.78, 5) is 2.52. The average Bonchev–Trinajstić information content (AvgIpc) is 3.05. The van der Waals surface area contributed by atoms with Gasteiger partial charge in [0.1, 0.15) is 5.82 Å². The molecule has 1 saturated heterocycles. The Bertz CT molecular complexity index is 546. The molecule has 1 saturated carbocycles. The molecule has 1 N–H and O–H groups in total.